The molecule has 0 unspecified atom stereocenters. The van der Waals surface area contributed by atoms with Crippen LogP contribution in [0.1, 0.15) is 10.4 Å². The van der Waals surface area contributed by atoms with Crippen LogP contribution >= 0.6 is 0 Å². The lowest BCUT2D eigenvalue weighted by atomic mass is 10.1. The van der Waals surface area contributed by atoms with Gasteiger partial charge in [-0.05, 0) is 36.4 Å². The number of hydrogen-bond acceptors (Lipinski definition) is 5. The van der Waals surface area contributed by atoms with Gasteiger partial charge in [0.1, 0.15) is 0 Å². The SMILES string of the molecule is O=C(Nc1ccccc1NC(=O)c1ccccc1)C1=CC=CN2CCS(=O)(=O)N=C12. The summed E-state index contributed by atoms with van der Waals surface area (Å²) in [6, 6.07) is 15.5. The quantitative estimate of drug-likeness (QED) is 0.787. The van der Waals surface area contributed by atoms with Crippen LogP contribution in [0.15, 0.2) is 82.9 Å². The molecule has 0 saturated carbocycles. The van der Waals surface area contributed by atoms with Crippen molar-refractivity contribution < 1.29 is 18.0 Å². The lowest BCUT2D eigenvalue weighted by Gasteiger charge is -2.28. The van der Waals surface area contributed by atoms with E-state index in [1.807, 2.05) is 6.07 Å². The fourth-order valence-electron chi connectivity index (χ4n) is 3.07. The van der Waals surface area contributed by atoms with Gasteiger partial charge in [0.05, 0.1) is 22.7 Å². The number of nitrogens with one attached hydrogen (secondary N) is 2. The third-order valence-electron chi connectivity index (χ3n) is 4.56. The molecule has 2 aliphatic rings. The van der Waals surface area contributed by atoms with E-state index >= 15 is 0 Å². The first kappa shape index (κ1) is 19.6. The Balaban J connectivity index is 1.57. The monoisotopic (exact) mass is 422 g/mol. The van der Waals surface area contributed by atoms with Crippen molar-refractivity contribution in [2.45, 2.75) is 0 Å². The average molecular weight is 422 g/mol. The predicted octanol–water partition coefficient (Wildman–Crippen LogP) is 2.38. The second-order valence-electron chi connectivity index (χ2n) is 6.64. The van der Waals surface area contributed by atoms with Crippen LogP contribution in [0, 0.1) is 0 Å². The van der Waals surface area contributed by atoms with Crippen LogP contribution in [0.2, 0.25) is 0 Å². The summed E-state index contributed by atoms with van der Waals surface area (Å²) in [7, 11) is -3.61. The zero-order valence-corrected chi connectivity index (χ0v) is 16.6. The van der Waals surface area contributed by atoms with E-state index < -0.39 is 15.9 Å². The number of sulfonamides is 1. The lowest BCUT2D eigenvalue weighted by molar-refractivity contribution is -0.112. The molecule has 2 N–H and O–H groups in total. The third kappa shape index (κ3) is 4.15. The topological polar surface area (TPSA) is 108 Å². The summed E-state index contributed by atoms with van der Waals surface area (Å²) < 4.78 is 27.6. The van der Waals surface area contributed by atoms with Crippen molar-refractivity contribution in [2.75, 3.05) is 22.9 Å². The van der Waals surface area contributed by atoms with Gasteiger partial charge in [0.15, 0.2) is 5.84 Å². The van der Waals surface area contributed by atoms with Crippen molar-refractivity contribution in [3.8, 4) is 0 Å². The fraction of sp³-hybridized carbons (Fsp3) is 0.0952. The molecule has 2 heterocycles. The molecule has 0 fully saturated rings. The van der Waals surface area contributed by atoms with Crippen molar-refractivity contribution in [1.82, 2.24) is 4.90 Å². The van der Waals surface area contributed by atoms with E-state index in [-0.39, 0.29) is 29.6 Å². The number of amides is 2. The second-order valence-corrected chi connectivity index (χ2v) is 8.39. The van der Waals surface area contributed by atoms with Crippen molar-refractivity contribution in [2.24, 2.45) is 4.40 Å². The van der Waals surface area contributed by atoms with Gasteiger partial charge in [-0.2, -0.15) is 0 Å². The molecule has 8 nitrogen and oxygen atoms in total. The van der Waals surface area contributed by atoms with Crippen molar-refractivity contribution in [3.63, 3.8) is 0 Å². The van der Waals surface area contributed by atoms with E-state index in [1.54, 1.807) is 65.7 Å². The fourth-order valence-corrected chi connectivity index (χ4v) is 4.05. The number of para-hydroxylation sites is 2. The maximum atomic E-state index is 12.9. The zero-order chi connectivity index (χ0) is 21.1. The number of amidine groups is 1. The van der Waals surface area contributed by atoms with E-state index in [2.05, 4.69) is 15.0 Å². The van der Waals surface area contributed by atoms with Crippen LogP contribution in [0.25, 0.3) is 0 Å². The largest absolute Gasteiger partial charge is 0.331 e. The molecular weight excluding hydrogens is 404 g/mol. The number of carbonyl (C=O) groups excluding carboxylic acids is 2. The van der Waals surface area contributed by atoms with Crippen molar-refractivity contribution in [1.29, 1.82) is 0 Å². The molecular formula is C21H18N4O4S. The van der Waals surface area contributed by atoms with Crippen LogP contribution in [0.5, 0.6) is 0 Å². The van der Waals surface area contributed by atoms with Crippen molar-refractivity contribution in [3.05, 3.63) is 84.1 Å². The average Bonchev–Trinajstić information content (AvgIpc) is 2.74. The number of rotatable bonds is 4. The summed E-state index contributed by atoms with van der Waals surface area (Å²) in [5, 5.41) is 5.52. The zero-order valence-electron chi connectivity index (χ0n) is 15.8. The maximum absolute atomic E-state index is 12.9. The summed E-state index contributed by atoms with van der Waals surface area (Å²) in [6.45, 7) is 0.228. The van der Waals surface area contributed by atoms with E-state index in [0.29, 0.717) is 16.9 Å². The van der Waals surface area contributed by atoms with Gasteiger partial charge in [0.2, 0.25) is 0 Å². The molecule has 2 amide bonds. The van der Waals surface area contributed by atoms with Gasteiger partial charge in [-0.3, -0.25) is 9.59 Å². The molecule has 0 bridgehead atoms. The summed E-state index contributed by atoms with van der Waals surface area (Å²) in [5.74, 6) is -0.857. The summed E-state index contributed by atoms with van der Waals surface area (Å²) >= 11 is 0. The van der Waals surface area contributed by atoms with Gasteiger partial charge < -0.3 is 15.5 Å². The minimum atomic E-state index is -3.61. The molecule has 0 aromatic heterocycles. The molecule has 152 valence electrons. The normalized spacial score (nSPS) is 16.7. The summed E-state index contributed by atoms with van der Waals surface area (Å²) in [4.78, 5) is 27.0. The molecule has 30 heavy (non-hydrogen) atoms. The van der Waals surface area contributed by atoms with Crippen LogP contribution in [0.4, 0.5) is 11.4 Å². The predicted molar refractivity (Wildman–Crippen MR) is 115 cm³/mol. The van der Waals surface area contributed by atoms with E-state index in [9.17, 15) is 18.0 Å². The Kier molecular flexibility index (Phi) is 5.20. The summed E-state index contributed by atoms with van der Waals surface area (Å²) in [5.41, 5.74) is 1.41. The smallest absolute Gasteiger partial charge is 0.259 e. The Morgan fingerprint density at radius 2 is 1.53 bits per heavy atom. The molecule has 0 saturated heterocycles. The van der Waals surface area contributed by atoms with Gasteiger partial charge >= 0.3 is 0 Å². The van der Waals surface area contributed by atoms with Gasteiger partial charge in [0.25, 0.3) is 21.8 Å². The highest BCUT2D eigenvalue weighted by molar-refractivity contribution is 7.90. The van der Waals surface area contributed by atoms with E-state index in [0.717, 1.165) is 0 Å². The number of nitrogens with zero attached hydrogens (tertiary/aromatic N) is 2. The van der Waals surface area contributed by atoms with Gasteiger partial charge in [0, 0.05) is 18.3 Å². The number of allylic oxidation sites excluding steroid dienone is 2. The number of carbonyl (C=O) groups is 2. The molecule has 0 spiro atoms. The van der Waals surface area contributed by atoms with Crippen LogP contribution in [0.3, 0.4) is 0 Å². The highest BCUT2D eigenvalue weighted by atomic mass is 32.2. The Hall–Kier alpha value is -3.72. The standard InChI is InChI=1S/C21H18N4O4S/c26-20(15-7-2-1-3-8-15)22-17-10-4-5-11-18(17)23-21(27)16-9-6-12-25-13-14-30(28,29)24-19(16)25/h1-12H,13-14H2,(H,22,26)(H,23,27). The first-order valence-corrected chi connectivity index (χ1v) is 10.8. The Labute approximate surface area is 173 Å². The van der Waals surface area contributed by atoms with Crippen molar-refractivity contribution >= 4 is 39.0 Å². The van der Waals surface area contributed by atoms with Gasteiger partial charge in [-0.15, -0.1) is 4.40 Å². The molecule has 0 atom stereocenters. The number of hydrogen-bond donors (Lipinski definition) is 2. The number of benzene rings is 2. The summed E-state index contributed by atoms with van der Waals surface area (Å²) in [6.07, 6.45) is 4.85. The molecule has 2 aliphatic heterocycles. The molecule has 9 heteroatoms. The minimum Gasteiger partial charge on any atom is -0.331 e. The van der Waals surface area contributed by atoms with Crippen LogP contribution in [-0.2, 0) is 14.8 Å². The van der Waals surface area contributed by atoms with E-state index in [4.69, 9.17) is 0 Å². The highest BCUT2D eigenvalue weighted by Crippen LogP contribution is 2.24. The first-order valence-electron chi connectivity index (χ1n) is 9.18. The minimum absolute atomic E-state index is 0.0899. The lowest BCUT2D eigenvalue weighted by Crippen LogP contribution is -2.40. The van der Waals surface area contributed by atoms with Crippen LogP contribution < -0.4 is 10.6 Å². The molecule has 4 rings (SSSR count). The third-order valence-corrected chi connectivity index (χ3v) is 5.71. The number of fused-ring (bicyclic) bond motifs is 1. The van der Waals surface area contributed by atoms with Gasteiger partial charge in [-0.25, -0.2) is 8.42 Å². The molecule has 2 aromatic carbocycles. The molecule has 2 aromatic rings. The Morgan fingerprint density at radius 3 is 2.23 bits per heavy atom. The van der Waals surface area contributed by atoms with Gasteiger partial charge in [-0.1, -0.05) is 30.3 Å². The maximum Gasteiger partial charge on any atom is 0.259 e. The van der Waals surface area contributed by atoms with E-state index in [1.165, 1.54) is 6.08 Å². The van der Waals surface area contributed by atoms with Crippen LogP contribution in [-0.4, -0.2) is 43.3 Å². The first-order chi connectivity index (χ1) is 14.4. The highest BCUT2D eigenvalue weighted by Gasteiger charge is 2.30. The number of anilines is 2. The Morgan fingerprint density at radius 1 is 0.900 bits per heavy atom. The molecule has 0 radical (unpaired) electrons. The molecule has 0 aliphatic carbocycles. The Bertz CT molecular complexity index is 1200. The second kappa shape index (κ2) is 7.96.